The van der Waals surface area contributed by atoms with Crippen molar-refractivity contribution in [2.75, 3.05) is 77.0 Å². The summed E-state index contributed by atoms with van der Waals surface area (Å²) in [7, 11) is 5.75. The second kappa shape index (κ2) is 24.3. The van der Waals surface area contributed by atoms with Gasteiger partial charge in [0.05, 0.1) is 61.9 Å². The van der Waals surface area contributed by atoms with Gasteiger partial charge in [-0.15, -0.1) is 0 Å². The maximum absolute atomic E-state index is 15.2. The van der Waals surface area contributed by atoms with Crippen molar-refractivity contribution in [3.8, 4) is 39.8 Å². The molecule has 3 aliphatic heterocycles. The van der Waals surface area contributed by atoms with E-state index in [0.29, 0.717) is 29.8 Å². The number of piperazine rings is 2. The molecule has 0 bridgehead atoms. The van der Waals surface area contributed by atoms with E-state index in [-0.39, 0.29) is 117 Å². The number of methoxy groups -OCH3 is 2. The van der Waals surface area contributed by atoms with Gasteiger partial charge in [0.15, 0.2) is 13.6 Å². The highest BCUT2D eigenvalue weighted by atomic mass is 35.5. The van der Waals surface area contributed by atoms with Crippen LogP contribution < -0.4 is 35.1 Å². The van der Waals surface area contributed by atoms with E-state index in [9.17, 15) is 34.4 Å². The number of pyridine rings is 4. The number of carbonyl (C=O) groups is 2. The number of hydrogen-bond acceptors (Lipinski definition) is 18. The standard InChI is InChI=1S/C28H33ClFN5O8.C28H32ClFN4O6/c1-15-11-34(16(13-36)12-33(15)27(38)43-28(2,3)4)23-17-10-18(29)22(21-19(30)8-7-9-20(21)42-14-41-6)31-25(17)32(5)26(37)24(23)35(39)40;1-15-11-34-16(12-33(15)27(36)40-28(2,3)4)13-38-24-23(34)17-10-18(29)22(31-25(17)32(5)26(24)35)21-19(30)8-7-9-20(21)39-14-37-6/h7-10,15-16,36H,11-14H2,1-6H3;7-10,15-16H,11-14H2,1-6H3/t2*15-,16-/m11/s1. The van der Waals surface area contributed by atoms with Crippen LogP contribution in [-0.4, -0.2) is 154 Å². The minimum absolute atomic E-state index is 0.00919. The first-order valence-corrected chi connectivity index (χ1v) is 27.0. The van der Waals surface area contributed by atoms with E-state index in [4.69, 9.17) is 56.4 Å². The third kappa shape index (κ3) is 12.4. The molecule has 0 saturated carbocycles. The Morgan fingerprint density at radius 2 is 1.19 bits per heavy atom. The van der Waals surface area contributed by atoms with Gasteiger partial charge in [-0.05, 0) is 91.8 Å². The number of aryl methyl sites for hydroxylation is 2. The highest BCUT2D eigenvalue weighted by Crippen LogP contribution is 2.45. The number of hydrogen-bond donors (Lipinski definition) is 1. The van der Waals surface area contributed by atoms with Crippen LogP contribution in [0.2, 0.25) is 10.0 Å². The Morgan fingerprint density at radius 3 is 1.65 bits per heavy atom. The van der Waals surface area contributed by atoms with Crippen LogP contribution in [-0.2, 0) is 33.0 Å². The maximum atomic E-state index is 15.2. The van der Waals surface area contributed by atoms with Gasteiger partial charge in [-0.25, -0.2) is 28.3 Å². The van der Waals surface area contributed by atoms with Gasteiger partial charge < -0.3 is 57.9 Å². The van der Waals surface area contributed by atoms with Crippen molar-refractivity contribution in [1.82, 2.24) is 28.9 Å². The van der Waals surface area contributed by atoms with E-state index in [1.54, 1.807) is 51.8 Å². The van der Waals surface area contributed by atoms with E-state index in [0.717, 1.165) is 4.57 Å². The molecule has 23 nitrogen and oxygen atoms in total. The fourth-order valence-corrected chi connectivity index (χ4v) is 10.7. The van der Waals surface area contributed by atoms with Crippen LogP contribution in [0, 0.1) is 21.7 Å². The summed E-state index contributed by atoms with van der Waals surface area (Å²) in [5.41, 5.74) is -2.76. The van der Waals surface area contributed by atoms with E-state index in [1.165, 1.54) is 72.0 Å². The average molecular weight is 1200 g/mol. The zero-order valence-corrected chi connectivity index (χ0v) is 49.4. The molecule has 0 radical (unpaired) electrons. The number of nitrogens with zero attached hydrogens (tertiary/aromatic N) is 9. The molecule has 3 aliphatic rings. The summed E-state index contributed by atoms with van der Waals surface area (Å²) >= 11 is 13.4. The number of carbonyl (C=O) groups excluding carboxylic acids is 2. The van der Waals surface area contributed by atoms with Crippen molar-refractivity contribution in [1.29, 1.82) is 0 Å². The second-order valence-corrected chi connectivity index (χ2v) is 23.0. The molecule has 1 N–H and O–H groups in total. The minimum Gasteiger partial charge on any atom is -0.484 e. The number of halogens is 4. The molecule has 0 aliphatic carbocycles. The van der Waals surface area contributed by atoms with Gasteiger partial charge in [0.2, 0.25) is 5.75 Å². The molecular formula is C56H65Cl2F2N9O14. The molecule has 9 rings (SSSR count). The van der Waals surface area contributed by atoms with Gasteiger partial charge in [-0.2, -0.15) is 0 Å². The van der Waals surface area contributed by atoms with Gasteiger partial charge in [-0.1, -0.05) is 35.3 Å². The predicted molar refractivity (Wildman–Crippen MR) is 306 cm³/mol. The third-order valence-corrected chi connectivity index (χ3v) is 14.5. The SMILES string of the molecule is COCOc1cccc(F)c1-c1nc2c(cc1Cl)c(N1C[C@@H](C)N(C(=O)OC(C)(C)C)C[C@@H]1CO)c([N+](=O)[O-])c(=O)n2C.COCOc1cccc(F)c1-c1nc2c(cc1Cl)c1c(c(=O)n2C)OC[C@H]2CN(C(=O)OC(C)(C)C)[C@H](C)CN12. The number of ether oxygens (including phenoxy) is 7. The van der Waals surface area contributed by atoms with Gasteiger partial charge in [0.1, 0.15) is 57.9 Å². The van der Waals surface area contributed by atoms with Crippen molar-refractivity contribution in [2.24, 2.45) is 14.1 Å². The number of benzene rings is 2. The Labute approximate surface area is 485 Å². The predicted octanol–water partition coefficient (Wildman–Crippen LogP) is 8.67. The molecule has 7 heterocycles. The first-order chi connectivity index (χ1) is 39.1. The Kier molecular flexibility index (Phi) is 18.0. The normalized spacial score (nSPS) is 18.0. The molecule has 0 unspecified atom stereocenters. The van der Waals surface area contributed by atoms with Gasteiger partial charge in [0, 0.05) is 77.4 Å². The Balaban J connectivity index is 0.000000217. The van der Waals surface area contributed by atoms with Crippen molar-refractivity contribution in [3.05, 3.63) is 101 Å². The summed E-state index contributed by atoms with van der Waals surface area (Å²) < 4.78 is 70.7. The van der Waals surface area contributed by atoms with Gasteiger partial charge >= 0.3 is 23.4 Å². The highest BCUT2D eigenvalue weighted by molar-refractivity contribution is 6.34. The zero-order valence-electron chi connectivity index (χ0n) is 47.9. The Morgan fingerprint density at radius 1 is 0.735 bits per heavy atom. The van der Waals surface area contributed by atoms with Gasteiger partial charge in [-0.3, -0.25) is 28.8 Å². The summed E-state index contributed by atoms with van der Waals surface area (Å²) in [6.07, 6.45) is -1.00. The van der Waals surface area contributed by atoms with E-state index in [1.807, 2.05) is 27.7 Å². The Hall–Kier alpha value is -7.58. The molecule has 2 aromatic carbocycles. The number of rotatable bonds is 11. The summed E-state index contributed by atoms with van der Waals surface area (Å²) in [5.74, 6) is -0.822. The topological polar surface area (TPSA) is 245 Å². The second-order valence-electron chi connectivity index (χ2n) is 22.1. The fraction of sp³-hybridized carbons (Fsp3) is 0.464. The molecular weight excluding hydrogens is 1130 g/mol. The number of anilines is 2. The number of fused-ring (bicyclic) bond motifs is 6. The molecule has 4 aromatic heterocycles. The van der Waals surface area contributed by atoms with Crippen molar-refractivity contribution < 1.29 is 61.6 Å². The van der Waals surface area contributed by atoms with E-state index >= 15 is 8.78 Å². The molecule has 2 amide bonds. The lowest BCUT2D eigenvalue weighted by Gasteiger charge is -2.48. The first-order valence-electron chi connectivity index (χ1n) is 26.3. The lowest BCUT2D eigenvalue weighted by molar-refractivity contribution is -0.385. The largest absolute Gasteiger partial charge is 0.484 e. The third-order valence-electron chi connectivity index (χ3n) is 13.9. The average Bonchev–Trinajstić information content (AvgIpc) is 1.27. The number of aromatic nitrogens is 4. The minimum atomic E-state index is -0.975. The molecule has 6 aromatic rings. The van der Waals surface area contributed by atoms with Crippen LogP contribution in [0.15, 0.2) is 58.1 Å². The molecule has 27 heteroatoms. The highest BCUT2D eigenvalue weighted by Gasteiger charge is 2.44. The summed E-state index contributed by atoms with van der Waals surface area (Å²) in [5, 5.41) is 23.5. The smallest absolute Gasteiger partial charge is 0.410 e. The maximum Gasteiger partial charge on any atom is 0.410 e. The molecule has 446 valence electrons. The number of nitro groups is 1. The zero-order chi connectivity index (χ0) is 60.7. The van der Waals surface area contributed by atoms with E-state index in [2.05, 4.69) is 14.9 Å². The summed E-state index contributed by atoms with van der Waals surface area (Å²) in [6, 6.07) is 9.73. The van der Waals surface area contributed by atoms with Crippen LogP contribution in [0.5, 0.6) is 17.2 Å². The molecule has 0 spiro atoms. The molecule has 83 heavy (non-hydrogen) atoms. The van der Waals surface area contributed by atoms with Crippen molar-refractivity contribution in [2.45, 2.75) is 90.8 Å². The van der Waals surface area contributed by atoms with Crippen LogP contribution in [0.25, 0.3) is 44.6 Å². The van der Waals surface area contributed by atoms with Crippen LogP contribution in [0.4, 0.5) is 35.4 Å². The molecule has 2 saturated heterocycles. The number of amides is 2. The monoisotopic (exact) mass is 1200 g/mol. The summed E-state index contributed by atoms with van der Waals surface area (Å²) in [4.78, 5) is 80.2. The van der Waals surface area contributed by atoms with Crippen LogP contribution in [0.1, 0.15) is 55.4 Å². The quantitative estimate of drug-likeness (QED) is 0.0724. The fourth-order valence-electron chi connectivity index (χ4n) is 10.2. The van der Waals surface area contributed by atoms with E-state index < -0.39 is 69.9 Å². The molecule has 4 atom stereocenters. The van der Waals surface area contributed by atoms with Crippen LogP contribution >= 0.6 is 23.2 Å². The molecule has 2 fully saturated rings. The van der Waals surface area contributed by atoms with Crippen LogP contribution in [0.3, 0.4) is 0 Å². The van der Waals surface area contributed by atoms with Gasteiger partial charge in [0.25, 0.3) is 5.56 Å². The lowest BCUT2D eigenvalue weighted by Crippen LogP contribution is -2.62. The number of aliphatic hydroxyl groups excluding tert-OH is 1. The van der Waals surface area contributed by atoms with Crippen molar-refractivity contribution >= 4 is 74.5 Å². The van der Waals surface area contributed by atoms with Crippen molar-refractivity contribution in [3.63, 3.8) is 0 Å². The summed E-state index contributed by atoms with van der Waals surface area (Å²) in [6.45, 7) is 14.5. The lowest BCUT2D eigenvalue weighted by atomic mass is 10.0. The number of aliphatic hydroxyl groups is 1. The first kappa shape index (κ1) is 61.5. The Bertz CT molecular complexity index is 3630.